The van der Waals surface area contributed by atoms with E-state index in [1.54, 1.807) is 50.0 Å². The number of benzene rings is 1. The highest BCUT2D eigenvalue weighted by Crippen LogP contribution is 2.30. The number of amides is 1. The van der Waals surface area contributed by atoms with Gasteiger partial charge in [0.25, 0.3) is 5.91 Å². The Morgan fingerprint density at radius 1 is 1.20 bits per heavy atom. The molecule has 1 saturated heterocycles. The highest BCUT2D eigenvalue weighted by molar-refractivity contribution is 7.89. The zero-order valence-electron chi connectivity index (χ0n) is 18.1. The highest BCUT2D eigenvalue weighted by atomic mass is 32.2. The molecular formula is C21H31N5O3S. The van der Waals surface area contributed by atoms with Gasteiger partial charge in [-0.25, -0.2) is 8.42 Å². The quantitative estimate of drug-likeness (QED) is 0.725. The lowest BCUT2D eigenvalue weighted by atomic mass is 9.98. The monoisotopic (exact) mass is 433 g/mol. The minimum Gasteiger partial charge on any atom is -0.371 e. The number of carbonyl (C=O) groups excluding carboxylic acids is 1. The van der Waals surface area contributed by atoms with Gasteiger partial charge in [0.05, 0.1) is 10.5 Å². The lowest BCUT2D eigenvalue weighted by molar-refractivity contribution is 0.102. The van der Waals surface area contributed by atoms with Gasteiger partial charge in [-0.15, -0.1) is 0 Å². The van der Waals surface area contributed by atoms with Crippen LogP contribution in [0.4, 0.5) is 11.5 Å². The van der Waals surface area contributed by atoms with Crippen molar-refractivity contribution in [3.05, 3.63) is 36.0 Å². The first-order chi connectivity index (χ1) is 14.3. The van der Waals surface area contributed by atoms with Crippen LogP contribution >= 0.6 is 0 Å². The summed E-state index contributed by atoms with van der Waals surface area (Å²) in [5.41, 5.74) is 1.11. The first kappa shape index (κ1) is 22.3. The summed E-state index contributed by atoms with van der Waals surface area (Å²) in [6.45, 7) is 8.27. The number of nitrogens with one attached hydrogen (secondary N) is 1. The van der Waals surface area contributed by atoms with Gasteiger partial charge in [0.1, 0.15) is 0 Å². The summed E-state index contributed by atoms with van der Waals surface area (Å²) in [6, 6.07) is 6.58. The number of nitrogens with zero attached hydrogens (tertiary/aromatic N) is 4. The zero-order valence-corrected chi connectivity index (χ0v) is 18.9. The summed E-state index contributed by atoms with van der Waals surface area (Å²) in [4.78, 5) is 15.4. The van der Waals surface area contributed by atoms with Crippen molar-refractivity contribution in [3.63, 3.8) is 0 Å². The van der Waals surface area contributed by atoms with Crippen LogP contribution < -0.4 is 10.2 Å². The third-order valence-corrected chi connectivity index (χ3v) is 7.68. The van der Waals surface area contributed by atoms with Gasteiger partial charge in [-0.05, 0) is 37.0 Å². The largest absolute Gasteiger partial charge is 0.371 e. The topological polar surface area (TPSA) is 87.5 Å². The second kappa shape index (κ2) is 9.18. The third kappa shape index (κ3) is 4.67. The minimum absolute atomic E-state index is 0.131. The molecular weight excluding hydrogens is 402 g/mol. The Bertz CT molecular complexity index is 990. The maximum absolute atomic E-state index is 13.1. The molecule has 30 heavy (non-hydrogen) atoms. The Morgan fingerprint density at radius 3 is 2.43 bits per heavy atom. The van der Waals surface area contributed by atoms with Crippen molar-refractivity contribution < 1.29 is 13.2 Å². The normalized spacial score (nSPS) is 15.6. The lowest BCUT2D eigenvalue weighted by Crippen LogP contribution is -2.35. The van der Waals surface area contributed by atoms with E-state index in [4.69, 9.17) is 0 Å². The molecule has 2 aromatic rings. The Labute approximate surface area is 178 Å². The molecule has 0 saturated carbocycles. The maximum Gasteiger partial charge on any atom is 0.259 e. The molecule has 2 heterocycles. The van der Waals surface area contributed by atoms with Crippen LogP contribution in [0.15, 0.2) is 35.4 Å². The zero-order chi connectivity index (χ0) is 21.9. The fourth-order valence-electron chi connectivity index (χ4n) is 3.76. The van der Waals surface area contributed by atoms with Crippen molar-refractivity contribution in [3.8, 4) is 0 Å². The molecule has 9 heteroatoms. The summed E-state index contributed by atoms with van der Waals surface area (Å²) in [5, 5.41) is 7.00. The number of sulfonamides is 1. The first-order valence-corrected chi connectivity index (χ1v) is 11.9. The molecule has 1 aliphatic heterocycles. The predicted molar refractivity (Wildman–Crippen MR) is 118 cm³/mol. The van der Waals surface area contributed by atoms with Gasteiger partial charge in [-0.3, -0.25) is 9.48 Å². The molecule has 0 spiro atoms. The smallest absolute Gasteiger partial charge is 0.259 e. The molecule has 0 bridgehead atoms. The van der Waals surface area contributed by atoms with E-state index in [-0.39, 0.29) is 10.8 Å². The molecule has 0 radical (unpaired) electrons. The Morgan fingerprint density at radius 2 is 1.87 bits per heavy atom. The molecule has 0 atom stereocenters. The number of aryl methyl sites for hydroxylation is 1. The SMILES string of the molecule is CCN(CC)S(=O)(=O)c1ccc(N2CCC(C)CC2)c(C(=O)Nc2ccn(C)n2)c1. The number of carbonyl (C=O) groups is 1. The van der Waals surface area contributed by atoms with Crippen molar-refractivity contribution in [2.45, 2.75) is 38.5 Å². The van der Waals surface area contributed by atoms with E-state index in [0.29, 0.717) is 30.4 Å². The molecule has 1 amide bonds. The van der Waals surface area contributed by atoms with Crippen LogP contribution in [0, 0.1) is 5.92 Å². The van der Waals surface area contributed by atoms with Crippen molar-refractivity contribution in [2.24, 2.45) is 13.0 Å². The number of hydrogen-bond donors (Lipinski definition) is 1. The van der Waals surface area contributed by atoms with E-state index >= 15 is 0 Å². The van der Waals surface area contributed by atoms with Crippen LogP contribution in [0.5, 0.6) is 0 Å². The number of hydrogen-bond acceptors (Lipinski definition) is 5. The van der Waals surface area contributed by atoms with E-state index in [2.05, 4.69) is 22.2 Å². The fourth-order valence-corrected chi connectivity index (χ4v) is 5.25. The Balaban J connectivity index is 2.01. The molecule has 1 aromatic carbocycles. The second-order valence-electron chi connectivity index (χ2n) is 7.77. The molecule has 0 aliphatic carbocycles. The third-order valence-electron chi connectivity index (χ3n) is 5.64. The van der Waals surface area contributed by atoms with Gasteiger partial charge in [0.15, 0.2) is 5.82 Å². The lowest BCUT2D eigenvalue weighted by Gasteiger charge is -2.33. The van der Waals surface area contributed by atoms with E-state index < -0.39 is 10.0 Å². The number of rotatable bonds is 7. The standard InChI is InChI=1S/C21H31N5O3S/c1-5-26(6-2)30(28,29)17-7-8-19(25-13-9-16(3)10-14-25)18(15-17)21(27)22-20-11-12-24(4)23-20/h7-8,11-12,15-16H,5-6,9-10,13-14H2,1-4H3,(H,22,23,27). The maximum atomic E-state index is 13.1. The molecule has 164 valence electrons. The van der Waals surface area contributed by atoms with Crippen molar-refractivity contribution >= 4 is 27.4 Å². The minimum atomic E-state index is -3.67. The van der Waals surface area contributed by atoms with E-state index in [1.165, 1.54) is 10.4 Å². The molecule has 1 aromatic heterocycles. The van der Waals surface area contributed by atoms with Crippen LogP contribution in [0.3, 0.4) is 0 Å². The summed E-state index contributed by atoms with van der Waals surface area (Å²) in [6.07, 6.45) is 3.82. The first-order valence-electron chi connectivity index (χ1n) is 10.5. The Hall–Kier alpha value is -2.39. The predicted octanol–water partition coefficient (Wildman–Crippen LogP) is 2.94. The molecule has 0 unspecified atom stereocenters. The number of anilines is 2. The van der Waals surface area contributed by atoms with Crippen molar-refractivity contribution in [1.29, 1.82) is 0 Å². The van der Waals surface area contributed by atoms with Crippen LogP contribution in [0.2, 0.25) is 0 Å². The van der Waals surface area contributed by atoms with Gasteiger partial charge < -0.3 is 10.2 Å². The molecule has 1 N–H and O–H groups in total. The summed E-state index contributed by atoms with van der Waals surface area (Å²) >= 11 is 0. The van der Waals surface area contributed by atoms with E-state index in [0.717, 1.165) is 31.6 Å². The van der Waals surface area contributed by atoms with Gasteiger partial charge in [0.2, 0.25) is 10.0 Å². The summed E-state index contributed by atoms with van der Waals surface area (Å²) < 4.78 is 29.0. The second-order valence-corrected chi connectivity index (χ2v) is 9.70. The molecule has 1 fully saturated rings. The Kier molecular flexibility index (Phi) is 6.82. The fraction of sp³-hybridized carbons (Fsp3) is 0.524. The van der Waals surface area contributed by atoms with Gasteiger partial charge in [0, 0.05) is 51.2 Å². The van der Waals surface area contributed by atoms with Crippen molar-refractivity contribution in [2.75, 3.05) is 36.4 Å². The number of piperidine rings is 1. The number of aromatic nitrogens is 2. The molecule has 3 rings (SSSR count). The van der Waals surface area contributed by atoms with Crippen molar-refractivity contribution in [1.82, 2.24) is 14.1 Å². The van der Waals surface area contributed by atoms with Crippen LogP contribution in [0.25, 0.3) is 0 Å². The van der Waals surface area contributed by atoms with Gasteiger partial charge in [-0.1, -0.05) is 20.8 Å². The molecule has 8 nitrogen and oxygen atoms in total. The van der Waals surface area contributed by atoms with Gasteiger partial charge in [-0.2, -0.15) is 9.40 Å². The van der Waals surface area contributed by atoms with Crippen LogP contribution in [-0.4, -0.2) is 54.6 Å². The highest BCUT2D eigenvalue weighted by Gasteiger charge is 2.27. The van der Waals surface area contributed by atoms with E-state index in [1.807, 2.05) is 0 Å². The summed E-state index contributed by atoms with van der Waals surface area (Å²) in [7, 11) is -1.90. The van der Waals surface area contributed by atoms with Crippen LogP contribution in [-0.2, 0) is 17.1 Å². The average Bonchev–Trinajstić information content (AvgIpc) is 3.13. The average molecular weight is 434 g/mol. The van der Waals surface area contributed by atoms with Gasteiger partial charge >= 0.3 is 0 Å². The van der Waals surface area contributed by atoms with Crippen LogP contribution in [0.1, 0.15) is 44.0 Å². The summed E-state index contributed by atoms with van der Waals surface area (Å²) in [5.74, 6) is 0.714. The van der Waals surface area contributed by atoms with E-state index in [9.17, 15) is 13.2 Å². The molecule has 1 aliphatic rings.